The van der Waals surface area contributed by atoms with Crippen molar-refractivity contribution < 1.29 is 15.2 Å². The van der Waals surface area contributed by atoms with Crippen molar-refractivity contribution in [1.29, 1.82) is 0 Å². The van der Waals surface area contributed by atoms with E-state index in [1.54, 1.807) is 36.4 Å². The molecular weight excluding hydrogens is 471 g/mol. The smallest absolute Gasteiger partial charge is 0.488 e. The molecule has 3 aromatic rings. The highest BCUT2D eigenvalue weighted by atomic mass is 79.9. The molecule has 0 aromatic heterocycles. The third-order valence-electron chi connectivity index (χ3n) is 3.21. The van der Waals surface area contributed by atoms with Gasteiger partial charge in [-0.05, 0) is 55.7 Å². The number of phenols is 1. The third-order valence-corrected chi connectivity index (χ3v) is 4.27. The molecule has 0 aliphatic carbocycles. The van der Waals surface area contributed by atoms with Crippen LogP contribution in [0.25, 0.3) is 0 Å². The highest BCUT2D eigenvalue weighted by molar-refractivity contribution is 9.10. The van der Waals surface area contributed by atoms with Crippen molar-refractivity contribution in [2.24, 2.45) is 0 Å². The van der Waals surface area contributed by atoms with Crippen molar-refractivity contribution in [1.82, 2.24) is 0 Å². The van der Waals surface area contributed by atoms with E-state index in [4.69, 9.17) is 15.2 Å². The lowest BCUT2D eigenvalue weighted by atomic mass is 9.80. The molecule has 6 heteroatoms. The summed E-state index contributed by atoms with van der Waals surface area (Å²) in [5, 5.41) is 26.1. The Labute approximate surface area is 179 Å². The molecule has 3 nitrogen and oxygen atoms in total. The molecule has 144 valence electrons. The maximum Gasteiger partial charge on any atom is 0.488 e. The molecule has 0 radical (unpaired) electrons. The first kappa shape index (κ1) is 25.4. The fourth-order valence-electron chi connectivity index (χ4n) is 1.71. The number of hydrogen-bond acceptors (Lipinski definition) is 3. The summed E-state index contributed by atoms with van der Waals surface area (Å²) in [4.78, 5) is 0. The second kappa shape index (κ2) is 13.6. The zero-order valence-electron chi connectivity index (χ0n) is 14.6. The molecule has 0 fully saturated rings. The van der Waals surface area contributed by atoms with Gasteiger partial charge in [0, 0.05) is 8.95 Å². The zero-order valence-corrected chi connectivity index (χ0v) is 17.8. The molecule has 0 saturated carbocycles. The SMILES string of the molecule is C.Cc1ccc(B(O)O)cc1.Cc1ccc(Br)cc1.Oc1ccc(Br)cc1. The Morgan fingerprint density at radius 1 is 0.630 bits per heavy atom. The van der Waals surface area contributed by atoms with Crippen LogP contribution in [0.2, 0.25) is 0 Å². The lowest BCUT2D eigenvalue weighted by Gasteiger charge is -1.97. The van der Waals surface area contributed by atoms with E-state index < -0.39 is 7.12 Å². The zero-order chi connectivity index (χ0) is 19.5. The van der Waals surface area contributed by atoms with Gasteiger partial charge in [0.25, 0.3) is 0 Å². The second-order valence-corrected chi connectivity index (χ2v) is 7.39. The van der Waals surface area contributed by atoms with Crippen LogP contribution in [0, 0.1) is 13.8 Å². The largest absolute Gasteiger partial charge is 0.508 e. The van der Waals surface area contributed by atoms with Gasteiger partial charge >= 0.3 is 7.12 Å². The lowest BCUT2D eigenvalue weighted by molar-refractivity contribution is 0.426. The summed E-state index contributed by atoms with van der Waals surface area (Å²) >= 11 is 6.58. The normalized spacial score (nSPS) is 8.96. The molecule has 0 aliphatic heterocycles. The minimum absolute atomic E-state index is 0. The van der Waals surface area contributed by atoms with Gasteiger partial charge in [0.1, 0.15) is 5.75 Å². The van der Waals surface area contributed by atoms with E-state index >= 15 is 0 Å². The van der Waals surface area contributed by atoms with Gasteiger partial charge in [-0.2, -0.15) is 0 Å². The Bertz CT molecular complexity index is 673. The number of hydrogen-bond donors (Lipinski definition) is 3. The summed E-state index contributed by atoms with van der Waals surface area (Å²) < 4.78 is 2.12. The molecule has 3 N–H and O–H groups in total. The van der Waals surface area contributed by atoms with E-state index in [-0.39, 0.29) is 7.43 Å². The van der Waals surface area contributed by atoms with Crippen LogP contribution in [0.1, 0.15) is 18.6 Å². The van der Waals surface area contributed by atoms with Crippen molar-refractivity contribution in [3.8, 4) is 5.75 Å². The third kappa shape index (κ3) is 11.7. The molecule has 0 aliphatic rings. The van der Waals surface area contributed by atoms with Crippen LogP contribution >= 0.6 is 31.9 Å². The average Bonchev–Trinajstić information content (AvgIpc) is 2.62. The Morgan fingerprint density at radius 3 is 1.26 bits per heavy atom. The molecule has 27 heavy (non-hydrogen) atoms. The fraction of sp³-hybridized carbons (Fsp3) is 0.143. The minimum Gasteiger partial charge on any atom is -0.508 e. The van der Waals surface area contributed by atoms with Crippen molar-refractivity contribution in [2.45, 2.75) is 21.3 Å². The molecule has 0 bridgehead atoms. The second-order valence-electron chi connectivity index (χ2n) is 5.56. The maximum atomic E-state index is 8.74. The average molecular weight is 496 g/mol. The van der Waals surface area contributed by atoms with Crippen LogP contribution in [0.5, 0.6) is 5.75 Å². The van der Waals surface area contributed by atoms with Crippen LogP contribution < -0.4 is 5.46 Å². The number of phenolic OH excluding ortho intramolecular Hbond substituents is 1. The van der Waals surface area contributed by atoms with Gasteiger partial charge in [-0.3, -0.25) is 0 Å². The number of halogens is 2. The number of rotatable bonds is 1. The van der Waals surface area contributed by atoms with E-state index in [1.165, 1.54) is 5.56 Å². The molecule has 0 atom stereocenters. The lowest BCUT2D eigenvalue weighted by Crippen LogP contribution is -2.29. The Kier molecular flexibility index (Phi) is 12.8. The van der Waals surface area contributed by atoms with Crippen LogP contribution in [-0.4, -0.2) is 22.3 Å². The van der Waals surface area contributed by atoms with Crippen molar-refractivity contribution in [3.05, 3.63) is 92.9 Å². The first-order valence-electron chi connectivity index (χ1n) is 7.87. The van der Waals surface area contributed by atoms with Gasteiger partial charge in [-0.1, -0.05) is 86.8 Å². The predicted octanol–water partition coefficient (Wildman–Crippen LogP) is 5.22. The number of aryl methyl sites for hydroxylation is 2. The Morgan fingerprint density at radius 2 is 0.963 bits per heavy atom. The topological polar surface area (TPSA) is 60.7 Å². The number of aromatic hydroxyl groups is 1. The van der Waals surface area contributed by atoms with Crippen molar-refractivity contribution in [3.63, 3.8) is 0 Å². The van der Waals surface area contributed by atoms with E-state index in [2.05, 4.69) is 50.9 Å². The highest BCUT2D eigenvalue weighted by Gasteiger charge is 2.08. The molecule has 0 spiro atoms. The minimum atomic E-state index is -1.35. The first-order valence-corrected chi connectivity index (χ1v) is 9.46. The van der Waals surface area contributed by atoms with E-state index in [1.807, 2.05) is 31.2 Å². The van der Waals surface area contributed by atoms with Gasteiger partial charge < -0.3 is 15.2 Å². The summed E-state index contributed by atoms with van der Waals surface area (Å²) in [7, 11) is -1.35. The maximum absolute atomic E-state index is 8.74. The van der Waals surface area contributed by atoms with E-state index in [0.29, 0.717) is 11.2 Å². The fourth-order valence-corrected chi connectivity index (χ4v) is 2.24. The van der Waals surface area contributed by atoms with Gasteiger partial charge in [-0.15, -0.1) is 0 Å². The highest BCUT2D eigenvalue weighted by Crippen LogP contribution is 2.13. The number of benzene rings is 3. The predicted molar refractivity (Wildman–Crippen MR) is 122 cm³/mol. The monoisotopic (exact) mass is 494 g/mol. The van der Waals surface area contributed by atoms with E-state index in [9.17, 15) is 0 Å². The van der Waals surface area contributed by atoms with Gasteiger partial charge in [0.15, 0.2) is 0 Å². The van der Waals surface area contributed by atoms with Gasteiger partial charge in [0.05, 0.1) is 0 Å². The van der Waals surface area contributed by atoms with Crippen LogP contribution in [-0.2, 0) is 0 Å². The standard InChI is InChI=1S/C7H9BO2.C7H7Br.C6H5BrO.CH4/c1-6-2-4-7(5-3-6)8(9)10;1-6-2-4-7(8)5-3-6;7-5-1-3-6(8)4-2-5;/h2-5,9-10H,1H3;2-5H,1H3;1-4,8H;1H4. The van der Waals surface area contributed by atoms with Crippen molar-refractivity contribution in [2.75, 3.05) is 0 Å². The molecule has 3 rings (SSSR count). The summed E-state index contributed by atoms with van der Waals surface area (Å²) in [5.74, 6) is 0.299. The molecule has 0 heterocycles. The van der Waals surface area contributed by atoms with E-state index in [0.717, 1.165) is 14.5 Å². The summed E-state index contributed by atoms with van der Waals surface area (Å²) in [6.45, 7) is 4.03. The van der Waals surface area contributed by atoms with Gasteiger partial charge in [0.2, 0.25) is 0 Å². The summed E-state index contributed by atoms with van der Waals surface area (Å²) in [5.41, 5.74) is 2.95. The Hall–Kier alpha value is -1.60. The van der Waals surface area contributed by atoms with Gasteiger partial charge in [-0.25, -0.2) is 0 Å². The van der Waals surface area contributed by atoms with Crippen LogP contribution in [0.4, 0.5) is 0 Å². The van der Waals surface area contributed by atoms with Crippen LogP contribution in [0.15, 0.2) is 81.7 Å². The Balaban J connectivity index is 0.000000372. The molecule has 0 amide bonds. The molecule has 3 aromatic carbocycles. The molecule has 0 saturated heterocycles. The summed E-state index contributed by atoms with van der Waals surface area (Å²) in [6, 6.07) is 22.1. The van der Waals surface area contributed by atoms with Crippen molar-refractivity contribution >= 4 is 44.4 Å². The quantitative estimate of drug-likeness (QED) is 0.405. The molecular formula is C21H25BBr2O3. The first-order chi connectivity index (χ1) is 12.3. The molecule has 0 unspecified atom stereocenters. The summed E-state index contributed by atoms with van der Waals surface area (Å²) in [6.07, 6.45) is 0. The van der Waals surface area contributed by atoms with Crippen LogP contribution in [0.3, 0.4) is 0 Å².